The molecule has 1 fully saturated rings. The van der Waals surface area contributed by atoms with Crippen molar-refractivity contribution >= 4 is 23.4 Å². The summed E-state index contributed by atoms with van der Waals surface area (Å²) in [6.07, 6.45) is -2.40. The first-order valence-electron chi connectivity index (χ1n) is 10.5. The Hall–Kier alpha value is -1.68. The zero-order valence-corrected chi connectivity index (χ0v) is 19.4. The summed E-state index contributed by atoms with van der Waals surface area (Å²) >= 11 is 7.93. The van der Waals surface area contributed by atoms with Crippen LogP contribution in [0.3, 0.4) is 0 Å². The summed E-state index contributed by atoms with van der Waals surface area (Å²) in [7, 11) is 0. The predicted octanol–water partition coefficient (Wildman–Crippen LogP) is 2.94. The van der Waals surface area contributed by atoms with Crippen molar-refractivity contribution in [2.24, 2.45) is 0 Å². The van der Waals surface area contributed by atoms with Crippen LogP contribution in [-0.2, 0) is 11.2 Å². The zero-order valence-electron chi connectivity index (χ0n) is 17.9. The highest BCUT2D eigenvalue weighted by atomic mass is 35.5. The lowest BCUT2D eigenvalue weighted by Gasteiger charge is -2.40. The second-order valence-electron chi connectivity index (χ2n) is 7.71. The molecule has 5 atom stereocenters. The van der Waals surface area contributed by atoms with Gasteiger partial charge in [0.05, 0.1) is 11.6 Å². The van der Waals surface area contributed by atoms with E-state index in [-0.39, 0.29) is 0 Å². The first-order chi connectivity index (χ1) is 15.4. The number of aliphatic hydroxyl groups excluding tert-OH is 3. The minimum absolute atomic E-state index is 0.412. The molecule has 2 heterocycles. The Morgan fingerprint density at radius 2 is 1.78 bits per heavy atom. The molecule has 9 heteroatoms. The average Bonchev–Trinajstić information content (AvgIpc) is 2.80. The predicted molar refractivity (Wildman–Crippen MR) is 122 cm³/mol. The first-order valence-corrected chi connectivity index (χ1v) is 12.2. The van der Waals surface area contributed by atoms with Crippen LogP contribution >= 0.6 is 23.4 Å². The van der Waals surface area contributed by atoms with Crippen molar-refractivity contribution in [3.05, 3.63) is 52.0 Å². The normalized spacial score (nSPS) is 27.2. The van der Waals surface area contributed by atoms with E-state index in [1.165, 1.54) is 11.8 Å². The second-order valence-corrected chi connectivity index (χ2v) is 9.03. The van der Waals surface area contributed by atoms with Crippen LogP contribution in [0.25, 0.3) is 0 Å². The number of thioether (sulfide) groups is 1. The largest absolute Gasteiger partial charge is 0.492 e. The van der Waals surface area contributed by atoms with Gasteiger partial charge >= 0.3 is 0 Å². The minimum Gasteiger partial charge on any atom is -0.492 e. The van der Waals surface area contributed by atoms with Crippen LogP contribution in [-0.4, -0.2) is 65.1 Å². The topological polar surface area (TPSA) is 97.6 Å². The highest BCUT2D eigenvalue weighted by molar-refractivity contribution is 7.99. The molecule has 0 saturated carbocycles. The third-order valence-electron chi connectivity index (χ3n) is 5.57. The summed E-state index contributed by atoms with van der Waals surface area (Å²) in [5, 5.41) is 31.6. The molecule has 0 aromatic heterocycles. The van der Waals surface area contributed by atoms with Gasteiger partial charge in [0.1, 0.15) is 48.8 Å². The summed E-state index contributed by atoms with van der Waals surface area (Å²) < 4.78 is 23.0. The standard InChI is InChI=1S/C23H27ClO7S/c1-3-28-17-11-14(22-20(26)19(25)21(27)23(31-22)32-2)10-13(18(17)24)8-12-4-5-15-16(9-12)30-7-6-29-15/h4-5,9-11,19-23,25-27H,3,6-8H2,1-2H3/t19-,20-,21+,22+,23-/m1/s1. The summed E-state index contributed by atoms with van der Waals surface area (Å²) in [6, 6.07) is 9.31. The van der Waals surface area contributed by atoms with E-state index in [0.29, 0.717) is 54.1 Å². The maximum Gasteiger partial charge on any atom is 0.161 e. The molecule has 0 amide bonds. The fraction of sp³-hybridized carbons (Fsp3) is 0.478. The summed E-state index contributed by atoms with van der Waals surface area (Å²) in [4.78, 5) is 0. The molecular formula is C23H27ClO7S. The molecule has 0 radical (unpaired) electrons. The number of hydrogen-bond acceptors (Lipinski definition) is 8. The molecule has 7 nitrogen and oxygen atoms in total. The van der Waals surface area contributed by atoms with Gasteiger partial charge in [0.15, 0.2) is 11.5 Å². The highest BCUT2D eigenvalue weighted by Crippen LogP contribution is 2.41. The van der Waals surface area contributed by atoms with Crippen LogP contribution < -0.4 is 14.2 Å². The second kappa shape index (κ2) is 10.1. The maximum absolute atomic E-state index is 10.6. The Kier molecular flexibility index (Phi) is 7.39. The quantitative estimate of drug-likeness (QED) is 0.578. The molecule has 2 aliphatic heterocycles. The number of fused-ring (bicyclic) bond motifs is 1. The summed E-state index contributed by atoms with van der Waals surface area (Å²) in [6.45, 7) is 3.30. The van der Waals surface area contributed by atoms with E-state index in [1.54, 1.807) is 12.3 Å². The number of ether oxygens (including phenoxy) is 4. The van der Waals surface area contributed by atoms with Crippen molar-refractivity contribution in [3.8, 4) is 17.2 Å². The van der Waals surface area contributed by atoms with Crippen molar-refractivity contribution in [1.82, 2.24) is 0 Å². The zero-order chi connectivity index (χ0) is 22.8. The number of aliphatic hydroxyl groups is 3. The Morgan fingerprint density at radius 1 is 1.03 bits per heavy atom. The Morgan fingerprint density at radius 3 is 2.50 bits per heavy atom. The lowest BCUT2D eigenvalue weighted by molar-refractivity contribution is -0.200. The number of rotatable bonds is 6. The summed E-state index contributed by atoms with van der Waals surface area (Å²) in [5.74, 6) is 1.87. The van der Waals surface area contributed by atoms with Gasteiger partial charge in [-0.1, -0.05) is 23.7 Å². The molecule has 0 bridgehead atoms. The van der Waals surface area contributed by atoms with Gasteiger partial charge in [0, 0.05) is 0 Å². The molecular weight excluding hydrogens is 456 g/mol. The van der Waals surface area contributed by atoms with E-state index in [9.17, 15) is 15.3 Å². The maximum atomic E-state index is 10.6. The third kappa shape index (κ3) is 4.66. The molecule has 0 spiro atoms. The monoisotopic (exact) mass is 482 g/mol. The smallest absolute Gasteiger partial charge is 0.161 e. The average molecular weight is 483 g/mol. The lowest BCUT2D eigenvalue weighted by atomic mass is 9.92. The van der Waals surface area contributed by atoms with Crippen molar-refractivity contribution in [1.29, 1.82) is 0 Å². The summed E-state index contributed by atoms with van der Waals surface area (Å²) in [5.41, 5.74) is 1.69. The van der Waals surface area contributed by atoms with Gasteiger partial charge in [0.25, 0.3) is 0 Å². The van der Waals surface area contributed by atoms with E-state index in [1.807, 2.05) is 31.2 Å². The van der Waals surface area contributed by atoms with E-state index in [4.69, 9.17) is 30.5 Å². The molecule has 174 valence electrons. The van der Waals surface area contributed by atoms with Gasteiger partial charge in [-0.05, 0) is 54.5 Å². The number of hydrogen-bond donors (Lipinski definition) is 3. The van der Waals surface area contributed by atoms with E-state index >= 15 is 0 Å². The van der Waals surface area contributed by atoms with Crippen LogP contribution in [0.4, 0.5) is 0 Å². The fourth-order valence-corrected chi connectivity index (χ4v) is 4.87. The molecule has 2 aromatic rings. The van der Waals surface area contributed by atoms with Gasteiger partial charge in [-0.15, -0.1) is 11.8 Å². The van der Waals surface area contributed by atoms with Crippen LogP contribution in [0, 0.1) is 0 Å². The molecule has 3 N–H and O–H groups in total. The Balaban J connectivity index is 1.69. The van der Waals surface area contributed by atoms with Crippen LogP contribution in [0.2, 0.25) is 5.02 Å². The molecule has 0 aliphatic carbocycles. The number of benzene rings is 2. The van der Waals surface area contributed by atoms with Crippen molar-refractivity contribution in [3.63, 3.8) is 0 Å². The minimum atomic E-state index is -1.33. The highest BCUT2D eigenvalue weighted by Gasteiger charge is 2.44. The fourth-order valence-electron chi connectivity index (χ4n) is 3.97. The molecule has 2 aliphatic rings. The van der Waals surface area contributed by atoms with E-state index in [2.05, 4.69) is 0 Å². The molecule has 2 aromatic carbocycles. The van der Waals surface area contributed by atoms with Crippen molar-refractivity contribution in [2.75, 3.05) is 26.1 Å². The number of halogens is 1. The Labute approximate surface area is 196 Å². The van der Waals surface area contributed by atoms with Gasteiger partial charge in [-0.3, -0.25) is 0 Å². The first kappa shape index (κ1) is 23.5. The molecule has 1 saturated heterocycles. The molecule has 32 heavy (non-hydrogen) atoms. The van der Waals surface area contributed by atoms with Crippen LogP contribution in [0.15, 0.2) is 30.3 Å². The molecule has 4 rings (SSSR count). The van der Waals surface area contributed by atoms with Crippen molar-refractivity contribution < 1.29 is 34.3 Å². The lowest BCUT2D eigenvalue weighted by Crippen LogP contribution is -2.52. The van der Waals surface area contributed by atoms with Crippen LogP contribution in [0.1, 0.15) is 29.7 Å². The molecule has 0 unspecified atom stereocenters. The van der Waals surface area contributed by atoms with Gasteiger partial charge in [-0.25, -0.2) is 0 Å². The van der Waals surface area contributed by atoms with Crippen molar-refractivity contribution in [2.45, 2.75) is 43.2 Å². The van der Waals surface area contributed by atoms with Gasteiger partial charge in [0.2, 0.25) is 0 Å². The van der Waals surface area contributed by atoms with Crippen LogP contribution in [0.5, 0.6) is 17.2 Å². The van der Waals surface area contributed by atoms with Gasteiger partial charge < -0.3 is 34.3 Å². The van der Waals surface area contributed by atoms with E-state index in [0.717, 1.165) is 11.1 Å². The third-order valence-corrected chi connectivity index (χ3v) is 6.85. The van der Waals surface area contributed by atoms with Gasteiger partial charge in [-0.2, -0.15) is 0 Å². The Bertz CT molecular complexity index is 954. The SMILES string of the molecule is CCOc1cc([C@@H]2O[C@H](SC)[C@@H](O)[C@H](O)[C@H]2O)cc(Cc2ccc3c(c2)OCCO3)c1Cl. The van der Waals surface area contributed by atoms with E-state index < -0.39 is 29.9 Å².